The van der Waals surface area contributed by atoms with Gasteiger partial charge in [0, 0.05) is 17.6 Å². The van der Waals surface area contributed by atoms with Crippen LogP contribution >= 0.6 is 11.6 Å². The molecule has 0 aliphatic heterocycles. The van der Waals surface area contributed by atoms with Gasteiger partial charge < -0.3 is 14.2 Å². The SMILES string of the molecule is COc1ccc(OC)c(-c2nnc3ccc(OCCNS(=O)(=O)c4ccc(Cl)cc4)nn23)c1. The first-order valence-electron chi connectivity index (χ1n) is 9.74. The number of fused-ring (bicyclic) bond motifs is 1. The van der Waals surface area contributed by atoms with Crippen molar-refractivity contribution in [2.45, 2.75) is 4.90 Å². The number of sulfonamides is 1. The van der Waals surface area contributed by atoms with Crippen LogP contribution in [0.5, 0.6) is 17.4 Å². The molecule has 33 heavy (non-hydrogen) atoms. The summed E-state index contributed by atoms with van der Waals surface area (Å²) >= 11 is 5.81. The van der Waals surface area contributed by atoms with Gasteiger partial charge in [0.1, 0.15) is 18.1 Å². The maximum absolute atomic E-state index is 12.3. The van der Waals surface area contributed by atoms with Gasteiger partial charge in [0.05, 0.1) is 24.7 Å². The molecule has 12 heteroatoms. The summed E-state index contributed by atoms with van der Waals surface area (Å²) in [6, 6.07) is 14.5. The highest BCUT2D eigenvalue weighted by atomic mass is 35.5. The van der Waals surface area contributed by atoms with Gasteiger partial charge in [0.15, 0.2) is 11.5 Å². The van der Waals surface area contributed by atoms with Gasteiger partial charge in [0.2, 0.25) is 15.9 Å². The van der Waals surface area contributed by atoms with Gasteiger partial charge in [-0.15, -0.1) is 15.3 Å². The van der Waals surface area contributed by atoms with Crippen molar-refractivity contribution < 1.29 is 22.6 Å². The lowest BCUT2D eigenvalue weighted by Crippen LogP contribution is -2.28. The lowest BCUT2D eigenvalue weighted by molar-refractivity contribution is 0.306. The zero-order valence-electron chi connectivity index (χ0n) is 17.7. The Morgan fingerprint density at radius 2 is 1.79 bits per heavy atom. The average Bonchev–Trinajstić information content (AvgIpc) is 3.25. The number of halogens is 1. The van der Waals surface area contributed by atoms with Crippen molar-refractivity contribution in [2.75, 3.05) is 27.4 Å². The number of nitrogens with zero attached hydrogens (tertiary/aromatic N) is 4. The molecule has 1 N–H and O–H groups in total. The lowest BCUT2D eigenvalue weighted by Gasteiger charge is -2.10. The van der Waals surface area contributed by atoms with Crippen molar-refractivity contribution in [3.8, 4) is 28.8 Å². The second-order valence-corrected chi connectivity index (χ2v) is 8.93. The van der Waals surface area contributed by atoms with E-state index in [1.165, 1.54) is 28.8 Å². The summed E-state index contributed by atoms with van der Waals surface area (Å²) in [5.41, 5.74) is 1.15. The molecule has 0 saturated carbocycles. The maximum atomic E-state index is 12.3. The van der Waals surface area contributed by atoms with Crippen LogP contribution in [0.25, 0.3) is 17.0 Å². The Morgan fingerprint density at radius 3 is 2.52 bits per heavy atom. The molecule has 2 aromatic heterocycles. The molecule has 0 amide bonds. The molecule has 0 spiro atoms. The van der Waals surface area contributed by atoms with E-state index in [4.69, 9.17) is 25.8 Å². The Hall–Kier alpha value is -3.41. The van der Waals surface area contributed by atoms with E-state index < -0.39 is 10.0 Å². The van der Waals surface area contributed by atoms with Gasteiger partial charge in [-0.25, -0.2) is 13.1 Å². The minimum absolute atomic E-state index is 0.0451. The van der Waals surface area contributed by atoms with Gasteiger partial charge in [-0.2, -0.15) is 4.52 Å². The molecule has 0 saturated heterocycles. The largest absolute Gasteiger partial charge is 0.497 e. The lowest BCUT2D eigenvalue weighted by atomic mass is 10.2. The number of hydrogen-bond donors (Lipinski definition) is 1. The second kappa shape index (κ2) is 9.61. The number of ether oxygens (including phenoxy) is 3. The highest BCUT2D eigenvalue weighted by molar-refractivity contribution is 7.89. The molecule has 0 aliphatic rings. The van der Waals surface area contributed by atoms with E-state index in [2.05, 4.69) is 20.0 Å². The van der Waals surface area contributed by atoms with E-state index in [1.807, 2.05) is 0 Å². The summed E-state index contributed by atoms with van der Waals surface area (Å²) in [5.74, 6) is 1.92. The van der Waals surface area contributed by atoms with E-state index in [0.717, 1.165) is 0 Å². The van der Waals surface area contributed by atoms with Crippen molar-refractivity contribution in [3.63, 3.8) is 0 Å². The van der Waals surface area contributed by atoms with Crippen molar-refractivity contribution in [1.29, 1.82) is 0 Å². The molecule has 0 unspecified atom stereocenters. The number of benzene rings is 2. The molecule has 172 valence electrons. The monoisotopic (exact) mass is 489 g/mol. The van der Waals surface area contributed by atoms with Crippen molar-refractivity contribution in [1.82, 2.24) is 24.5 Å². The Balaban J connectivity index is 1.49. The van der Waals surface area contributed by atoms with Crippen LogP contribution in [0.15, 0.2) is 59.5 Å². The van der Waals surface area contributed by atoms with Crippen LogP contribution < -0.4 is 18.9 Å². The fourth-order valence-corrected chi connectivity index (χ4v) is 4.17. The molecule has 2 heterocycles. The molecular weight excluding hydrogens is 470 g/mol. The maximum Gasteiger partial charge on any atom is 0.240 e. The summed E-state index contributed by atoms with van der Waals surface area (Å²) in [7, 11) is -0.549. The summed E-state index contributed by atoms with van der Waals surface area (Å²) in [6.07, 6.45) is 0. The zero-order chi connectivity index (χ0) is 23.4. The summed E-state index contributed by atoms with van der Waals surface area (Å²) in [5, 5.41) is 13.2. The number of rotatable bonds is 9. The molecular formula is C21H20ClN5O5S. The van der Waals surface area contributed by atoms with Crippen LogP contribution in [0.4, 0.5) is 0 Å². The van der Waals surface area contributed by atoms with Crippen LogP contribution in [0.2, 0.25) is 5.02 Å². The standard InChI is InChI=1S/C21H20ClN5O5S/c1-30-15-5-8-18(31-2)17(13-15)21-25-24-19-9-10-20(26-27(19)21)32-12-11-23-33(28,29)16-6-3-14(22)4-7-16/h3-10,13,23H,11-12H2,1-2H3. The molecule has 0 bridgehead atoms. The van der Waals surface area contributed by atoms with Gasteiger partial charge >= 0.3 is 0 Å². The Morgan fingerprint density at radius 1 is 1.00 bits per heavy atom. The highest BCUT2D eigenvalue weighted by Gasteiger charge is 2.17. The predicted molar refractivity (Wildman–Crippen MR) is 121 cm³/mol. The summed E-state index contributed by atoms with van der Waals surface area (Å²) in [6.45, 7) is 0.106. The van der Waals surface area contributed by atoms with E-state index in [9.17, 15) is 8.42 Å². The molecule has 10 nitrogen and oxygen atoms in total. The number of hydrogen-bond acceptors (Lipinski definition) is 8. The minimum Gasteiger partial charge on any atom is -0.497 e. The predicted octanol–water partition coefficient (Wildman–Crippen LogP) is 2.82. The molecule has 0 radical (unpaired) electrons. The second-order valence-electron chi connectivity index (χ2n) is 6.73. The van der Waals surface area contributed by atoms with Crippen molar-refractivity contribution >= 4 is 27.3 Å². The third-order valence-electron chi connectivity index (χ3n) is 4.65. The van der Waals surface area contributed by atoms with Crippen LogP contribution in [-0.4, -0.2) is 55.6 Å². The van der Waals surface area contributed by atoms with E-state index in [-0.39, 0.29) is 23.9 Å². The van der Waals surface area contributed by atoms with E-state index >= 15 is 0 Å². The number of nitrogens with one attached hydrogen (secondary N) is 1. The fourth-order valence-electron chi connectivity index (χ4n) is 3.03. The number of aromatic nitrogens is 4. The zero-order valence-corrected chi connectivity index (χ0v) is 19.3. The van der Waals surface area contributed by atoms with Crippen molar-refractivity contribution in [2.24, 2.45) is 0 Å². The van der Waals surface area contributed by atoms with Crippen molar-refractivity contribution in [3.05, 3.63) is 59.6 Å². The highest BCUT2D eigenvalue weighted by Crippen LogP contribution is 2.32. The first kappa shape index (κ1) is 22.8. The normalized spacial score (nSPS) is 11.5. The van der Waals surface area contributed by atoms with Crippen LogP contribution in [0.3, 0.4) is 0 Å². The molecule has 0 aliphatic carbocycles. The fraction of sp³-hybridized carbons (Fsp3) is 0.190. The average molecular weight is 490 g/mol. The molecule has 4 rings (SSSR count). The van der Waals surface area contributed by atoms with Crippen LogP contribution in [0, 0.1) is 0 Å². The Bertz CT molecular complexity index is 1380. The third-order valence-corrected chi connectivity index (χ3v) is 6.38. The molecule has 2 aromatic carbocycles. The molecule has 0 atom stereocenters. The Labute approximate surface area is 195 Å². The van der Waals surface area contributed by atoms with Gasteiger partial charge in [-0.1, -0.05) is 11.6 Å². The van der Waals surface area contributed by atoms with E-state index in [1.54, 1.807) is 44.6 Å². The van der Waals surface area contributed by atoms with Gasteiger partial charge in [0.25, 0.3) is 0 Å². The summed E-state index contributed by atoms with van der Waals surface area (Å²) in [4.78, 5) is 0.118. The first-order chi connectivity index (χ1) is 15.9. The summed E-state index contributed by atoms with van der Waals surface area (Å²) < 4.78 is 45.0. The van der Waals surface area contributed by atoms with Crippen LogP contribution in [-0.2, 0) is 10.0 Å². The Kier molecular flexibility index (Phi) is 6.63. The molecule has 4 aromatic rings. The topological polar surface area (TPSA) is 117 Å². The van der Waals surface area contributed by atoms with Gasteiger partial charge in [-0.3, -0.25) is 0 Å². The minimum atomic E-state index is -3.67. The molecule has 0 fully saturated rings. The third kappa shape index (κ3) is 5.00. The van der Waals surface area contributed by atoms with E-state index in [0.29, 0.717) is 33.6 Å². The van der Waals surface area contributed by atoms with Crippen LogP contribution in [0.1, 0.15) is 0 Å². The van der Waals surface area contributed by atoms with Gasteiger partial charge in [-0.05, 0) is 48.5 Å². The number of methoxy groups -OCH3 is 2. The first-order valence-corrected chi connectivity index (χ1v) is 11.6. The quantitative estimate of drug-likeness (QED) is 0.357. The smallest absolute Gasteiger partial charge is 0.240 e.